The minimum Gasteiger partial charge on any atom is -0.657 e. The van der Waals surface area contributed by atoms with Gasteiger partial charge < -0.3 is 25.2 Å². The van der Waals surface area contributed by atoms with Crippen LogP contribution in [0.1, 0.15) is 6.92 Å². The molecule has 1 N–H and O–H groups in total. The van der Waals surface area contributed by atoms with Crippen molar-refractivity contribution < 1.29 is 201 Å². The second kappa shape index (κ2) is 99.0. The van der Waals surface area contributed by atoms with Gasteiger partial charge in [0.2, 0.25) is 0 Å². The van der Waals surface area contributed by atoms with Gasteiger partial charge in [0.25, 0.3) is 0 Å². The van der Waals surface area contributed by atoms with Crippen LogP contribution in [0, 0.1) is 14.9 Å². The van der Waals surface area contributed by atoms with E-state index in [1.165, 1.54) is 13.2 Å². The molecule has 0 fully saturated rings. The second-order valence-corrected chi connectivity index (χ2v) is 0.204. The average Bonchev–Trinajstić information content (AvgIpc) is 1.46. The number of rotatable bonds is 0. The van der Waals surface area contributed by atoms with Crippen LogP contribution in [0.3, 0.4) is 0 Å². The molecule has 1 atom stereocenters. The Labute approximate surface area is 237 Å². The van der Waals surface area contributed by atoms with Crippen LogP contribution in [0.25, 0.3) is 5.50 Å². The molecule has 0 heterocycles. The molecule has 0 rings (SSSR count). The molecule has 9 heteroatoms. The molecular weight excluding hydrogens is 642 g/mol. The standard InChI is InChI=1S/C2H3O.2CH3.H3NP.6Y/c1-2-3;;;1-2;;;;;;/h1H3;2*1H3;1H,2H2;;;;;;/q4*-1;;;;;;+3. The molecule has 0 aromatic carbocycles. The molecule has 0 amide bonds. The van der Waals surface area contributed by atoms with Crippen LogP contribution >= 0.6 is 9.39 Å². The largest absolute Gasteiger partial charge is 3.00 e. The van der Waals surface area contributed by atoms with Gasteiger partial charge in [0.15, 0.2) is 0 Å². The first kappa shape index (κ1) is 73.3. The molecule has 0 aliphatic heterocycles. The molecule has 2 nitrogen and oxygen atoms in total. The van der Waals surface area contributed by atoms with E-state index >= 15 is 0 Å². The SMILES string of the molecule is C[C-]=O.[CH3-].[CH3-].[NH-]P.[Y+3].[Y].[Y].[Y].[Y].[Y]. The van der Waals surface area contributed by atoms with E-state index in [1.54, 1.807) is 9.39 Å². The van der Waals surface area contributed by atoms with Gasteiger partial charge in [-0.1, -0.05) is 0 Å². The Bertz CT molecular complexity index is 32.1. The number of hydrogen-bond acceptors (Lipinski definition) is 1. The summed E-state index contributed by atoms with van der Waals surface area (Å²) in [4.78, 5) is 8.68. The second-order valence-electron chi connectivity index (χ2n) is 0.204. The molecule has 0 spiro atoms. The van der Waals surface area contributed by atoms with E-state index in [0.717, 1.165) is 0 Å². The summed E-state index contributed by atoms with van der Waals surface area (Å²) >= 11 is 0. The van der Waals surface area contributed by atoms with Crippen LogP contribution in [0.5, 0.6) is 0 Å². The summed E-state index contributed by atoms with van der Waals surface area (Å²) < 4.78 is 0. The predicted octanol–water partition coefficient (Wildman–Crippen LogP) is 1.83. The van der Waals surface area contributed by atoms with Crippen LogP contribution in [-0.4, -0.2) is 6.29 Å². The maximum atomic E-state index is 8.68. The Morgan fingerprint density at radius 2 is 0.923 bits per heavy atom. The van der Waals surface area contributed by atoms with Gasteiger partial charge in [-0.25, -0.2) is 0 Å². The average molecular weight is 655 g/mol. The van der Waals surface area contributed by atoms with Crippen molar-refractivity contribution in [3.63, 3.8) is 0 Å². The normalized spacial score (nSPS) is 1.46. The van der Waals surface area contributed by atoms with Crippen LogP contribution in [0.4, 0.5) is 0 Å². The molecule has 0 saturated heterocycles. The monoisotopic (exact) mass is 655 g/mol. The van der Waals surface area contributed by atoms with E-state index in [4.69, 9.17) is 10.3 Å². The summed E-state index contributed by atoms with van der Waals surface area (Å²) in [7, 11) is 1.67. The molecule has 0 aromatic heterocycles. The quantitative estimate of drug-likeness (QED) is 0.291. The summed E-state index contributed by atoms with van der Waals surface area (Å²) in [5.74, 6) is 0. The molecule has 63 valence electrons. The zero-order valence-electron chi connectivity index (χ0n) is 8.45. The van der Waals surface area contributed by atoms with Crippen LogP contribution in [-0.2, 0) is 201 Å². The Balaban J connectivity index is -0.00000000109. The van der Waals surface area contributed by atoms with Gasteiger partial charge in [-0.05, 0) is 0 Å². The van der Waals surface area contributed by atoms with E-state index in [-0.39, 0.29) is 211 Å². The van der Waals surface area contributed by atoms with Crippen LogP contribution in [0.2, 0.25) is 0 Å². The minimum atomic E-state index is 0. The predicted molar refractivity (Wildman–Crippen MR) is 38.2 cm³/mol. The molecule has 0 saturated carbocycles. The summed E-state index contributed by atoms with van der Waals surface area (Å²) in [5.41, 5.74) is 5.67. The Kier molecular flexibility index (Phi) is 558. The Hall–Kier alpha value is 6.68. The number of nitrogens with one attached hydrogen (secondary N) is 1. The Morgan fingerprint density at radius 3 is 0.923 bits per heavy atom. The van der Waals surface area contributed by atoms with Crippen molar-refractivity contribution in [3.8, 4) is 0 Å². The van der Waals surface area contributed by atoms with E-state index < -0.39 is 0 Å². The zero-order valence-corrected chi connectivity index (χ0v) is 26.6. The van der Waals surface area contributed by atoms with Crippen LogP contribution < -0.4 is 0 Å². The van der Waals surface area contributed by atoms with Crippen molar-refractivity contribution in [2.45, 2.75) is 6.92 Å². The third-order valence-corrected chi connectivity index (χ3v) is 0. The summed E-state index contributed by atoms with van der Waals surface area (Å²) in [6.45, 7) is 1.32. The third kappa shape index (κ3) is 116. The van der Waals surface area contributed by atoms with Gasteiger partial charge in [0.1, 0.15) is 0 Å². The smallest absolute Gasteiger partial charge is 0.657 e. The topological polar surface area (TPSA) is 40.9 Å². The summed E-state index contributed by atoms with van der Waals surface area (Å²) in [6.07, 6.45) is 1.50. The minimum absolute atomic E-state index is 0. The first-order valence-corrected chi connectivity index (χ1v) is 1.57. The summed E-state index contributed by atoms with van der Waals surface area (Å²) in [6, 6.07) is 0. The van der Waals surface area contributed by atoms with Gasteiger partial charge in [0.05, 0.1) is 0 Å². The van der Waals surface area contributed by atoms with Crippen LogP contribution in [0.15, 0.2) is 0 Å². The van der Waals surface area contributed by atoms with E-state index in [2.05, 4.69) is 0 Å². The van der Waals surface area contributed by atoms with Gasteiger partial charge in [0, 0.05) is 164 Å². The molecule has 0 aromatic rings. The summed E-state index contributed by atoms with van der Waals surface area (Å²) in [5, 5.41) is 0. The van der Waals surface area contributed by atoms with E-state index in [9.17, 15) is 0 Å². The number of carbonyl (C=O) groups excluding carboxylic acids is 1. The third-order valence-electron chi connectivity index (χ3n) is 0. The van der Waals surface area contributed by atoms with Crippen molar-refractivity contribution >= 4 is 15.7 Å². The Morgan fingerprint density at radius 1 is 0.923 bits per heavy atom. The fraction of sp³-hybridized carbons (Fsp3) is 0.250. The molecule has 0 bridgehead atoms. The molecule has 13 heavy (non-hydrogen) atoms. The molecule has 5 radical (unpaired) electrons. The van der Waals surface area contributed by atoms with Gasteiger partial charge >= 0.3 is 32.7 Å². The van der Waals surface area contributed by atoms with Gasteiger partial charge in [-0.3, -0.25) is 15.7 Å². The van der Waals surface area contributed by atoms with Crippen molar-refractivity contribution in [2.24, 2.45) is 0 Å². The van der Waals surface area contributed by atoms with E-state index in [0.29, 0.717) is 0 Å². The molecule has 0 aliphatic rings. The first-order chi connectivity index (χ1) is 2.41. The molecule has 0 aliphatic carbocycles. The maximum Gasteiger partial charge on any atom is 3.00 e. The van der Waals surface area contributed by atoms with Gasteiger partial charge in [-0.15, -0.1) is 0 Å². The van der Waals surface area contributed by atoms with Crippen molar-refractivity contribution in [3.05, 3.63) is 20.4 Å². The first-order valence-electron chi connectivity index (χ1n) is 0.993. The number of hydrogen-bond donors (Lipinski definition) is 0. The van der Waals surface area contributed by atoms with Crippen molar-refractivity contribution in [2.75, 3.05) is 0 Å². The van der Waals surface area contributed by atoms with E-state index in [1.807, 2.05) is 0 Å². The van der Waals surface area contributed by atoms with Crippen molar-refractivity contribution in [1.29, 1.82) is 0 Å². The zero-order chi connectivity index (χ0) is 4.71. The fourth-order valence-corrected chi connectivity index (χ4v) is 0. The molecule has 1 unspecified atom stereocenters. The van der Waals surface area contributed by atoms with Crippen molar-refractivity contribution in [1.82, 2.24) is 0 Å². The maximum absolute atomic E-state index is 8.68. The fourth-order valence-electron chi connectivity index (χ4n) is 0. The molecular formula is C4H12NOPY6-. The van der Waals surface area contributed by atoms with Gasteiger partial charge in [-0.2, -0.15) is 6.92 Å².